The first kappa shape index (κ1) is 21.6. The van der Waals surface area contributed by atoms with Gasteiger partial charge < -0.3 is 14.8 Å². The van der Waals surface area contributed by atoms with E-state index in [1.807, 2.05) is 40.9 Å². The number of carboxylic acids is 1. The van der Waals surface area contributed by atoms with Crippen LogP contribution in [0.25, 0.3) is 5.65 Å². The number of nitrogens with zero attached hydrogens (tertiary/aromatic N) is 3. The Bertz CT molecular complexity index is 816. The molecular weight excluding hydrogens is 381 g/mol. The topological polar surface area (TPSA) is 96.2 Å². The van der Waals surface area contributed by atoms with Crippen LogP contribution in [0.2, 0.25) is 0 Å². The standard InChI is InChI=1S/C15H20N4O2.C2HF3O2/c1-12-4-2-6-18-11-13(17-15(12)18)10-16-14(20)5-8-19-7-3-9-21-19;3-2(4,5)1(6)7/h2,4,6,11H,3,5,7-10H2,1H3,(H,16,20);(H,6,7). The van der Waals surface area contributed by atoms with Gasteiger partial charge in [-0.2, -0.15) is 18.2 Å². The Kier molecular flexibility index (Phi) is 7.35. The zero-order valence-corrected chi connectivity index (χ0v) is 15.2. The monoisotopic (exact) mass is 402 g/mol. The number of hydroxylamine groups is 2. The van der Waals surface area contributed by atoms with Crippen LogP contribution in [0.15, 0.2) is 24.5 Å². The molecule has 11 heteroatoms. The summed E-state index contributed by atoms with van der Waals surface area (Å²) < 4.78 is 33.7. The summed E-state index contributed by atoms with van der Waals surface area (Å²) in [7, 11) is 0. The zero-order valence-electron chi connectivity index (χ0n) is 15.2. The van der Waals surface area contributed by atoms with Crippen molar-refractivity contribution in [2.45, 2.75) is 32.5 Å². The number of hydrogen-bond donors (Lipinski definition) is 2. The maximum absolute atomic E-state index is 11.8. The Morgan fingerprint density at radius 2 is 2.11 bits per heavy atom. The number of hydrogen-bond acceptors (Lipinski definition) is 5. The van der Waals surface area contributed by atoms with Crippen molar-refractivity contribution >= 4 is 17.5 Å². The van der Waals surface area contributed by atoms with E-state index >= 15 is 0 Å². The molecular formula is C17H21F3N4O4. The second-order valence-corrected chi connectivity index (χ2v) is 6.10. The molecule has 154 valence electrons. The molecule has 1 aliphatic rings. The molecule has 0 saturated carbocycles. The first-order chi connectivity index (χ1) is 13.2. The Morgan fingerprint density at radius 1 is 1.39 bits per heavy atom. The molecule has 0 aliphatic carbocycles. The van der Waals surface area contributed by atoms with Crippen molar-refractivity contribution in [1.82, 2.24) is 19.8 Å². The van der Waals surface area contributed by atoms with Crippen molar-refractivity contribution < 1.29 is 32.7 Å². The third kappa shape index (κ3) is 6.50. The van der Waals surface area contributed by atoms with Crippen molar-refractivity contribution in [1.29, 1.82) is 0 Å². The van der Waals surface area contributed by atoms with Gasteiger partial charge in [0, 0.05) is 31.9 Å². The van der Waals surface area contributed by atoms with Crippen LogP contribution in [0.1, 0.15) is 24.1 Å². The minimum absolute atomic E-state index is 0.0271. The van der Waals surface area contributed by atoms with E-state index in [9.17, 15) is 18.0 Å². The molecule has 1 saturated heterocycles. The summed E-state index contributed by atoms with van der Waals surface area (Å²) in [6.07, 6.45) is 0.326. The smallest absolute Gasteiger partial charge is 0.475 e. The fraction of sp³-hybridized carbons (Fsp3) is 0.471. The number of imidazole rings is 1. The predicted molar refractivity (Wildman–Crippen MR) is 92.2 cm³/mol. The number of nitrogens with one attached hydrogen (secondary N) is 1. The second-order valence-electron chi connectivity index (χ2n) is 6.10. The van der Waals surface area contributed by atoms with E-state index in [0.29, 0.717) is 19.5 Å². The van der Waals surface area contributed by atoms with Gasteiger partial charge in [-0.25, -0.2) is 9.78 Å². The van der Waals surface area contributed by atoms with Gasteiger partial charge in [-0.05, 0) is 25.0 Å². The van der Waals surface area contributed by atoms with Crippen LogP contribution in [0, 0.1) is 6.92 Å². The SMILES string of the molecule is Cc1cccn2cc(CNC(=O)CCN3CCCO3)nc12.O=C(O)C(F)(F)F. The number of aliphatic carboxylic acids is 1. The molecule has 8 nitrogen and oxygen atoms in total. The van der Waals surface area contributed by atoms with E-state index in [4.69, 9.17) is 14.7 Å². The van der Waals surface area contributed by atoms with Gasteiger partial charge >= 0.3 is 12.1 Å². The molecule has 1 aliphatic heterocycles. The van der Waals surface area contributed by atoms with E-state index in [1.165, 1.54) is 0 Å². The molecule has 0 unspecified atom stereocenters. The molecule has 2 aromatic rings. The van der Waals surface area contributed by atoms with Gasteiger partial charge in [-0.3, -0.25) is 9.63 Å². The van der Waals surface area contributed by atoms with Gasteiger partial charge in [-0.15, -0.1) is 0 Å². The fourth-order valence-corrected chi connectivity index (χ4v) is 2.47. The molecule has 2 N–H and O–H groups in total. The Balaban J connectivity index is 0.000000345. The number of amides is 1. The van der Waals surface area contributed by atoms with Crippen molar-refractivity contribution in [3.63, 3.8) is 0 Å². The van der Waals surface area contributed by atoms with Gasteiger partial charge in [0.25, 0.3) is 0 Å². The number of carbonyl (C=O) groups excluding carboxylic acids is 1. The number of carboxylic acid groups (broad SMARTS) is 1. The highest BCUT2D eigenvalue weighted by Gasteiger charge is 2.38. The quantitative estimate of drug-likeness (QED) is 0.793. The maximum atomic E-state index is 11.8. The molecule has 0 bridgehead atoms. The summed E-state index contributed by atoms with van der Waals surface area (Å²) >= 11 is 0. The summed E-state index contributed by atoms with van der Waals surface area (Å²) in [5.41, 5.74) is 2.93. The summed E-state index contributed by atoms with van der Waals surface area (Å²) in [6, 6.07) is 4.02. The third-order valence-corrected chi connectivity index (χ3v) is 3.85. The van der Waals surface area contributed by atoms with E-state index < -0.39 is 12.1 Å². The van der Waals surface area contributed by atoms with Gasteiger partial charge in [0.2, 0.25) is 5.91 Å². The lowest BCUT2D eigenvalue weighted by Crippen LogP contribution is -2.28. The van der Waals surface area contributed by atoms with E-state index in [1.54, 1.807) is 0 Å². The number of carbonyl (C=O) groups is 2. The molecule has 3 heterocycles. The van der Waals surface area contributed by atoms with Crippen LogP contribution in [-0.2, 0) is 21.0 Å². The molecule has 0 aromatic carbocycles. The molecule has 28 heavy (non-hydrogen) atoms. The summed E-state index contributed by atoms with van der Waals surface area (Å²) in [5, 5.41) is 11.9. The minimum atomic E-state index is -5.08. The van der Waals surface area contributed by atoms with Crippen molar-refractivity contribution in [2.24, 2.45) is 0 Å². The Labute approximate surface area is 158 Å². The lowest BCUT2D eigenvalue weighted by Gasteiger charge is -2.12. The molecule has 0 atom stereocenters. The first-order valence-corrected chi connectivity index (χ1v) is 8.54. The number of aryl methyl sites for hydroxylation is 1. The predicted octanol–water partition coefficient (Wildman–Crippen LogP) is 1.92. The molecule has 0 spiro atoms. The molecule has 0 radical (unpaired) electrons. The number of pyridine rings is 1. The Hall–Kier alpha value is -2.66. The van der Waals surface area contributed by atoms with E-state index in [-0.39, 0.29) is 5.91 Å². The highest BCUT2D eigenvalue weighted by atomic mass is 19.4. The average molecular weight is 402 g/mol. The lowest BCUT2D eigenvalue weighted by atomic mass is 10.3. The van der Waals surface area contributed by atoms with Crippen LogP contribution >= 0.6 is 0 Å². The van der Waals surface area contributed by atoms with Crippen LogP contribution in [0.5, 0.6) is 0 Å². The van der Waals surface area contributed by atoms with E-state index in [2.05, 4.69) is 10.3 Å². The van der Waals surface area contributed by atoms with Gasteiger partial charge in [-0.1, -0.05) is 6.07 Å². The Morgan fingerprint density at radius 3 is 2.68 bits per heavy atom. The van der Waals surface area contributed by atoms with Gasteiger partial charge in [0.05, 0.1) is 18.8 Å². The van der Waals surface area contributed by atoms with Crippen molar-refractivity contribution in [3.8, 4) is 0 Å². The average Bonchev–Trinajstić information content (AvgIpc) is 3.28. The highest BCUT2D eigenvalue weighted by molar-refractivity contribution is 5.76. The lowest BCUT2D eigenvalue weighted by molar-refractivity contribution is -0.192. The molecule has 3 rings (SSSR count). The van der Waals surface area contributed by atoms with Gasteiger partial charge in [0.1, 0.15) is 5.65 Å². The summed E-state index contributed by atoms with van der Waals surface area (Å²) in [4.78, 5) is 30.6. The minimum Gasteiger partial charge on any atom is -0.475 e. The van der Waals surface area contributed by atoms with Crippen LogP contribution in [-0.4, -0.2) is 57.3 Å². The molecule has 2 aromatic heterocycles. The van der Waals surface area contributed by atoms with Crippen LogP contribution in [0.4, 0.5) is 13.2 Å². The molecule has 1 amide bonds. The van der Waals surface area contributed by atoms with Crippen LogP contribution in [0.3, 0.4) is 0 Å². The highest BCUT2D eigenvalue weighted by Crippen LogP contribution is 2.13. The largest absolute Gasteiger partial charge is 0.490 e. The summed E-state index contributed by atoms with van der Waals surface area (Å²) in [6.45, 7) is 4.82. The first-order valence-electron chi connectivity index (χ1n) is 8.54. The third-order valence-electron chi connectivity index (χ3n) is 3.85. The normalized spacial score (nSPS) is 14.6. The number of alkyl halides is 3. The number of rotatable bonds is 5. The number of halogens is 3. The summed E-state index contributed by atoms with van der Waals surface area (Å²) in [5.74, 6) is -2.73. The van der Waals surface area contributed by atoms with Crippen molar-refractivity contribution in [2.75, 3.05) is 19.7 Å². The zero-order chi connectivity index (χ0) is 20.7. The van der Waals surface area contributed by atoms with Crippen LogP contribution < -0.4 is 5.32 Å². The van der Waals surface area contributed by atoms with Crippen molar-refractivity contribution in [3.05, 3.63) is 35.8 Å². The van der Waals surface area contributed by atoms with Gasteiger partial charge in [0.15, 0.2) is 0 Å². The van der Waals surface area contributed by atoms with E-state index in [0.717, 1.165) is 36.5 Å². The second kappa shape index (κ2) is 9.51. The fourth-order valence-electron chi connectivity index (χ4n) is 2.47. The maximum Gasteiger partial charge on any atom is 0.490 e. The molecule has 1 fully saturated rings. The number of aromatic nitrogens is 2. The number of fused-ring (bicyclic) bond motifs is 1.